The fraction of sp³-hybridized carbons (Fsp3) is 0.750. The Morgan fingerprint density at radius 2 is 1.80 bits per heavy atom. The van der Waals surface area contributed by atoms with Crippen molar-refractivity contribution in [1.29, 1.82) is 0 Å². The number of carbonyl (C=O) groups is 1. The SMILES string of the molecule is C=CCNCC(=O)N1CCCCCCC1. The summed E-state index contributed by atoms with van der Waals surface area (Å²) in [6.45, 7) is 6.65. The highest BCUT2D eigenvalue weighted by molar-refractivity contribution is 5.78. The molecule has 0 unspecified atom stereocenters. The molecule has 86 valence electrons. The molecule has 0 aromatic heterocycles. The number of nitrogens with zero attached hydrogens (tertiary/aromatic N) is 1. The van der Waals surface area contributed by atoms with E-state index >= 15 is 0 Å². The van der Waals surface area contributed by atoms with Gasteiger partial charge in [-0.15, -0.1) is 6.58 Å². The smallest absolute Gasteiger partial charge is 0.236 e. The first-order valence-corrected chi connectivity index (χ1v) is 5.94. The monoisotopic (exact) mass is 210 g/mol. The molecule has 0 aromatic rings. The zero-order valence-electron chi connectivity index (χ0n) is 9.50. The molecule has 1 N–H and O–H groups in total. The van der Waals surface area contributed by atoms with Crippen LogP contribution in [0.3, 0.4) is 0 Å². The Labute approximate surface area is 92.5 Å². The van der Waals surface area contributed by atoms with Gasteiger partial charge in [-0.1, -0.05) is 25.3 Å². The van der Waals surface area contributed by atoms with Gasteiger partial charge in [-0.3, -0.25) is 4.79 Å². The first kappa shape index (κ1) is 12.2. The topological polar surface area (TPSA) is 32.3 Å². The minimum atomic E-state index is 0.235. The summed E-state index contributed by atoms with van der Waals surface area (Å²) in [5.74, 6) is 0.235. The zero-order chi connectivity index (χ0) is 10.9. The molecule has 0 atom stereocenters. The van der Waals surface area contributed by atoms with E-state index < -0.39 is 0 Å². The van der Waals surface area contributed by atoms with Gasteiger partial charge in [0.15, 0.2) is 0 Å². The van der Waals surface area contributed by atoms with Crippen LogP contribution in [0.4, 0.5) is 0 Å². The van der Waals surface area contributed by atoms with Gasteiger partial charge in [0.2, 0.25) is 5.91 Å². The van der Waals surface area contributed by atoms with E-state index in [1.54, 1.807) is 6.08 Å². The number of nitrogens with one attached hydrogen (secondary N) is 1. The quantitative estimate of drug-likeness (QED) is 0.564. The number of hydrogen-bond acceptors (Lipinski definition) is 2. The van der Waals surface area contributed by atoms with Gasteiger partial charge in [-0.25, -0.2) is 0 Å². The van der Waals surface area contributed by atoms with E-state index in [2.05, 4.69) is 11.9 Å². The van der Waals surface area contributed by atoms with Crippen LogP contribution >= 0.6 is 0 Å². The Morgan fingerprint density at radius 3 is 2.40 bits per heavy atom. The maximum atomic E-state index is 11.8. The molecule has 0 saturated carbocycles. The second kappa shape index (κ2) is 7.46. The fourth-order valence-corrected chi connectivity index (χ4v) is 1.89. The van der Waals surface area contributed by atoms with E-state index in [-0.39, 0.29) is 5.91 Å². The predicted molar refractivity (Wildman–Crippen MR) is 62.7 cm³/mol. The molecular weight excluding hydrogens is 188 g/mol. The number of rotatable bonds is 4. The lowest BCUT2D eigenvalue weighted by molar-refractivity contribution is -0.130. The lowest BCUT2D eigenvalue weighted by Gasteiger charge is -2.24. The zero-order valence-corrected chi connectivity index (χ0v) is 9.50. The van der Waals surface area contributed by atoms with Crippen LogP contribution in [0.15, 0.2) is 12.7 Å². The molecular formula is C12H22N2O. The van der Waals surface area contributed by atoms with Gasteiger partial charge in [0.25, 0.3) is 0 Å². The fourth-order valence-electron chi connectivity index (χ4n) is 1.89. The molecule has 1 rings (SSSR count). The van der Waals surface area contributed by atoms with E-state index in [4.69, 9.17) is 0 Å². The molecule has 0 spiro atoms. The van der Waals surface area contributed by atoms with Crippen LogP contribution in [0.5, 0.6) is 0 Å². The molecule has 1 saturated heterocycles. The highest BCUT2D eigenvalue weighted by Gasteiger charge is 2.13. The van der Waals surface area contributed by atoms with Crippen molar-refractivity contribution in [3.8, 4) is 0 Å². The van der Waals surface area contributed by atoms with Gasteiger partial charge < -0.3 is 10.2 Å². The first-order chi connectivity index (χ1) is 7.34. The van der Waals surface area contributed by atoms with E-state index in [1.807, 2.05) is 4.90 Å². The molecule has 15 heavy (non-hydrogen) atoms. The molecule has 3 nitrogen and oxygen atoms in total. The molecule has 0 radical (unpaired) electrons. The standard InChI is InChI=1S/C12H22N2O/c1-2-8-13-11-12(15)14-9-6-4-3-5-7-10-14/h2,13H,1,3-11H2. The lowest BCUT2D eigenvalue weighted by Crippen LogP contribution is -2.39. The largest absolute Gasteiger partial charge is 0.342 e. The van der Waals surface area contributed by atoms with Crippen LogP contribution in [0.25, 0.3) is 0 Å². The summed E-state index contributed by atoms with van der Waals surface area (Å²) in [4.78, 5) is 13.8. The Kier molecular flexibility index (Phi) is 6.09. The van der Waals surface area contributed by atoms with Crippen molar-refractivity contribution < 1.29 is 4.79 Å². The third kappa shape index (κ3) is 4.98. The molecule has 1 heterocycles. The highest BCUT2D eigenvalue weighted by atomic mass is 16.2. The summed E-state index contributed by atoms with van der Waals surface area (Å²) in [6, 6.07) is 0. The van der Waals surface area contributed by atoms with E-state index in [1.165, 1.54) is 19.3 Å². The molecule has 0 aliphatic carbocycles. The van der Waals surface area contributed by atoms with Crippen molar-refractivity contribution in [1.82, 2.24) is 10.2 Å². The van der Waals surface area contributed by atoms with Crippen molar-refractivity contribution in [2.24, 2.45) is 0 Å². The normalized spacial score (nSPS) is 18.0. The van der Waals surface area contributed by atoms with E-state index in [0.29, 0.717) is 13.1 Å². The summed E-state index contributed by atoms with van der Waals surface area (Å²) in [5.41, 5.74) is 0. The molecule has 1 amide bonds. The number of likely N-dealkylation sites (tertiary alicyclic amines) is 1. The van der Waals surface area contributed by atoms with Crippen molar-refractivity contribution >= 4 is 5.91 Å². The molecule has 1 aliphatic heterocycles. The van der Waals surface area contributed by atoms with Gasteiger partial charge in [0.05, 0.1) is 6.54 Å². The minimum Gasteiger partial charge on any atom is -0.342 e. The van der Waals surface area contributed by atoms with Gasteiger partial charge in [-0.2, -0.15) is 0 Å². The number of carbonyl (C=O) groups excluding carboxylic acids is 1. The summed E-state index contributed by atoms with van der Waals surface area (Å²) in [5, 5.41) is 3.06. The van der Waals surface area contributed by atoms with Crippen LogP contribution in [0, 0.1) is 0 Å². The highest BCUT2D eigenvalue weighted by Crippen LogP contribution is 2.10. The third-order valence-electron chi connectivity index (χ3n) is 2.77. The number of hydrogen-bond donors (Lipinski definition) is 1. The summed E-state index contributed by atoms with van der Waals surface area (Å²) < 4.78 is 0. The Morgan fingerprint density at radius 1 is 1.20 bits per heavy atom. The average molecular weight is 210 g/mol. The van der Waals surface area contributed by atoms with Crippen molar-refractivity contribution in [3.05, 3.63) is 12.7 Å². The second-order valence-electron chi connectivity index (χ2n) is 4.07. The van der Waals surface area contributed by atoms with Crippen LogP contribution in [-0.4, -0.2) is 37.0 Å². The number of amides is 1. The molecule has 3 heteroatoms. The van der Waals surface area contributed by atoms with Gasteiger partial charge in [0, 0.05) is 19.6 Å². The third-order valence-corrected chi connectivity index (χ3v) is 2.77. The van der Waals surface area contributed by atoms with Crippen molar-refractivity contribution in [2.75, 3.05) is 26.2 Å². The average Bonchev–Trinajstić information content (AvgIpc) is 2.17. The maximum Gasteiger partial charge on any atom is 0.236 e. The Bertz CT molecular complexity index is 196. The Balaban J connectivity index is 2.25. The molecule has 1 aliphatic rings. The van der Waals surface area contributed by atoms with E-state index in [9.17, 15) is 4.79 Å². The molecule has 1 fully saturated rings. The van der Waals surface area contributed by atoms with Crippen molar-refractivity contribution in [2.45, 2.75) is 32.1 Å². The van der Waals surface area contributed by atoms with Crippen molar-refractivity contribution in [3.63, 3.8) is 0 Å². The van der Waals surface area contributed by atoms with Crippen LogP contribution in [0.2, 0.25) is 0 Å². The molecule has 0 aromatic carbocycles. The van der Waals surface area contributed by atoms with Gasteiger partial charge in [-0.05, 0) is 12.8 Å². The second-order valence-corrected chi connectivity index (χ2v) is 4.07. The summed E-state index contributed by atoms with van der Waals surface area (Å²) in [7, 11) is 0. The van der Waals surface area contributed by atoms with Gasteiger partial charge in [0.1, 0.15) is 0 Å². The predicted octanol–water partition coefficient (Wildman–Crippen LogP) is 1.55. The van der Waals surface area contributed by atoms with Crippen LogP contribution in [-0.2, 0) is 4.79 Å². The Hall–Kier alpha value is -0.830. The van der Waals surface area contributed by atoms with Crippen LogP contribution < -0.4 is 5.32 Å². The maximum absolute atomic E-state index is 11.8. The van der Waals surface area contributed by atoms with Gasteiger partial charge >= 0.3 is 0 Å². The van der Waals surface area contributed by atoms with Crippen LogP contribution in [0.1, 0.15) is 32.1 Å². The first-order valence-electron chi connectivity index (χ1n) is 5.94. The van der Waals surface area contributed by atoms with E-state index in [0.717, 1.165) is 25.9 Å². The summed E-state index contributed by atoms with van der Waals surface area (Å²) >= 11 is 0. The molecule has 0 bridgehead atoms. The minimum absolute atomic E-state index is 0.235. The lowest BCUT2D eigenvalue weighted by atomic mass is 10.1. The summed E-state index contributed by atoms with van der Waals surface area (Å²) in [6.07, 6.45) is 7.96.